The molecule has 156 valence electrons. The minimum atomic E-state index is -0.439. The molecule has 0 saturated heterocycles. The van der Waals surface area contributed by atoms with Crippen LogP contribution in [0.5, 0.6) is 5.88 Å². The average Bonchev–Trinajstić information content (AvgIpc) is 2.72. The molecular formula is C23H23F2N3OS. The maximum Gasteiger partial charge on any atom is 0.215 e. The van der Waals surface area contributed by atoms with Gasteiger partial charge in [-0.15, -0.1) is 0 Å². The highest BCUT2D eigenvalue weighted by molar-refractivity contribution is 7.97. The maximum absolute atomic E-state index is 14.7. The third-order valence-corrected chi connectivity index (χ3v) is 5.60. The Balaban J connectivity index is 1.78. The molecule has 0 saturated carbocycles. The van der Waals surface area contributed by atoms with Gasteiger partial charge in [0.15, 0.2) is 0 Å². The number of anilines is 2. The highest BCUT2D eigenvalue weighted by atomic mass is 32.2. The zero-order valence-electron chi connectivity index (χ0n) is 16.8. The first-order chi connectivity index (χ1) is 14.6. The Bertz CT molecular complexity index is 1040. The number of aryl methyl sites for hydroxylation is 1. The van der Waals surface area contributed by atoms with E-state index >= 15 is 0 Å². The Morgan fingerprint density at radius 2 is 1.93 bits per heavy atom. The van der Waals surface area contributed by atoms with Crippen molar-refractivity contribution in [3.63, 3.8) is 0 Å². The Hall–Kier alpha value is -2.67. The lowest BCUT2D eigenvalue weighted by Gasteiger charge is -2.13. The van der Waals surface area contributed by atoms with Crippen LogP contribution in [-0.2, 0) is 12.2 Å². The molecule has 3 aromatic rings. The summed E-state index contributed by atoms with van der Waals surface area (Å²) in [5.74, 6) is 1.70. The molecule has 0 radical (unpaired) electrons. The molecule has 2 aromatic heterocycles. The molecule has 0 amide bonds. The molecule has 0 fully saturated rings. The molecule has 7 heteroatoms. The fourth-order valence-electron chi connectivity index (χ4n) is 3.59. The maximum atomic E-state index is 14.7. The number of thioether (sulfide) groups is 1. The van der Waals surface area contributed by atoms with E-state index in [0.29, 0.717) is 41.7 Å². The number of rotatable bonds is 2. The minimum absolute atomic E-state index is 0.315. The second-order valence-corrected chi connectivity index (χ2v) is 8.13. The van der Waals surface area contributed by atoms with Gasteiger partial charge in [-0.3, -0.25) is 0 Å². The first-order valence-electron chi connectivity index (χ1n) is 9.96. The molecule has 30 heavy (non-hydrogen) atoms. The lowest BCUT2D eigenvalue weighted by Crippen LogP contribution is -2.03. The summed E-state index contributed by atoms with van der Waals surface area (Å²) in [7, 11) is 0. The van der Waals surface area contributed by atoms with Crippen molar-refractivity contribution in [3.8, 4) is 17.0 Å². The number of pyridine rings is 2. The third-order valence-electron chi connectivity index (χ3n) is 4.98. The van der Waals surface area contributed by atoms with Crippen LogP contribution in [0.3, 0.4) is 0 Å². The van der Waals surface area contributed by atoms with Crippen molar-refractivity contribution in [2.75, 3.05) is 18.2 Å². The van der Waals surface area contributed by atoms with Gasteiger partial charge < -0.3 is 10.1 Å². The number of nitrogens with zero attached hydrogens (tertiary/aromatic N) is 2. The van der Waals surface area contributed by atoms with E-state index in [2.05, 4.69) is 15.3 Å². The van der Waals surface area contributed by atoms with Gasteiger partial charge in [0, 0.05) is 17.4 Å². The molecule has 1 aliphatic rings. The fraction of sp³-hybridized carbons (Fsp3) is 0.304. The molecule has 1 N–H and O–H groups in total. The van der Waals surface area contributed by atoms with Crippen LogP contribution in [0.4, 0.5) is 20.4 Å². The van der Waals surface area contributed by atoms with E-state index in [1.54, 1.807) is 23.9 Å². The van der Waals surface area contributed by atoms with E-state index in [0.717, 1.165) is 36.1 Å². The Kier molecular flexibility index (Phi) is 6.47. The monoisotopic (exact) mass is 427 g/mol. The van der Waals surface area contributed by atoms with Gasteiger partial charge in [-0.05, 0) is 72.9 Å². The second-order valence-electron chi connectivity index (χ2n) is 7.27. The van der Waals surface area contributed by atoms with E-state index in [4.69, 9.17) is 4.74 Å². The minimum Gasteiger partial charge on any atom is -0.478 e. The normalized spacial score (nSPS) is 14.0. The predicted molar refractivity (Wildman–Crippen MR) is 117 cm³/mol. The van der Waals surface area contributed by atoms with Crippen LogP contribution in [0.2, 0.25) is 0 Å². The quantitative estimate of drug-likeness (QED) is 0.533. The molecule has 4 nitrogen and oxygen atoms in total. The highest BCUT2D eigenvalue weighted by Crippen LogP contribution is 2.31. The van der Waals surface area contributed by atoms with E-state index in [1.807, 2.05) is 18.4 Å². The number of hydrogen-bond acceptors (Lipinski definition) is 5. The summed E-state index contributed by atoms with van der Waals surface area (Å²) >= 11 is 1.71. The summed E-state index contributed by atoms with van der Waals surface area (Å²) in [6, 6.07) is 10.0. The summed E-state index contributed by atoms with van der Waals surface area (Å²) in [5.41, 5.74) is 2.97. The molecule has 4 bridgehead atoms. The smallest absolute Gasteiger partial charge is 0.215 e. The number of aromatic nitrogens is 2. The SMILES string of the molecule is CSCc1cc2nc(c1)OCCCCCc1cc(F)ccc1-c1cc(ncc1F)N2. The van der Waals surface area contributed by atoms with Crippen molar-refractivity contribution < 1.29 is 13.5 Å². The Morgan fingerprint density at radius 1 is 1.03 bits per heavy atom. The number of benzene rings is 1. The molecule has 0 unspecified atom stereocenters. The fourth-order valence-corrected chi connectivity index (χ4v) is 4.09. The molecule has 0 aliphatic carbocycles. The first kappa shape index (κ1) is 20.6. The number of halogens is 2. The summed E-state index contributed by atoms with van der Waals surface area (Å²) in [5, 5.41) is 3.17. The van der Waals surface area contributed by atoms with E-state index in [-0.39, 0.29) is 5.82 Å². The van der Waals surface area contributed by atoms with Crippen LogP contribution in [0.1, 0.15) is 30.4 Å². The van der Waals surface area contributed by atoms with Crippen LogP contribution < -0.4 is 10.1 Å². The van der Waals surface area contributed by atoms with E-state index in [1.165, 1.54) is 18.3 Å². The zero-order valence-corrected chi connectivity index (χ0v) is 17.6. The molecule has 0 atom stereocenters. The number of hydrogen-bond donors (Lipinski definition) is 1. The summed E-state index contributed by atoms with van der Waals surface area (Å²) < 4.78 is 34.4. The van der Waals surface area contributed by atoms with Crippen LogP contribution in [-0.4, -0.2) is 22.8 Å². The van der Waals surface area contributed by atoms with Crippen LogP contribution >= 0.6 is 11.8 Å². The van der Waals surface area contributed by atoms with Crippen LogP contribution in [0.25, 0.3) is 11.1 Å². The average molecular weight is 428 g/mol. The highest BCUT2D eigenvalue weighted by Gasteiger charge is 2.14. The van der Waals surface area contributed by atoms with Crippen molar-refractivity contribution in [2.24, 2.45) is 0 Å². The van der Waals surface area contributed by atoms with Gasteiger partial charge in [0.1, 0.15) is 23.3 Å². The van der Waals surface area contributed by atoms with Crippen molar-refractivity contribution in [3.05, 3.63) is 65.4 Å². The van der Waals surface area contributed by atoms with E-state index < -0.39 is 5.82 Å². The molecule has 3 heterocycles. The van der Waals surface area contributed by atoms with Gasteiger partial charge in [-0.2, -0.15) is 16.7 Å². The number of ether oxygens (including phenoxy) is 1. The Morgan fingerprint density at radius 3 is 2.80 bits per heavy atom. The zero-order chi connectivity index (χ0) is 20.9. The van der Waals surface area contributed by atoms with Crippen molar-refractivity contribution in [2.45, 2.75) is 31.4 Å². The number of fused-ring (bicyclic) bond motifs is 6. The topological polar surface area (TPSA) is 47.0 Å². The Labute approximate surface area is 179 Å². The lowest BCUT2D eigenvalue weighted by atomic mass is 9.96. The van der Waals surface area contributed by atoms with Crippen molar-refractivity contribution in [1.82, 2.24) is 9.97 Å². The molecule has 1 aromatic carbocycles. The largest absolute Gasteiger partial charge is 0.478 e. The summed E-state index contributed by atoms with van der Waals surface area (Å²) in [6.45, 7) is 0.561. The molecular weight excluding hydrogens is 404 g/mol. The second kappa shape index (κ2) is 9.43. The van der Waals surface area contributed by atoms with Gasteiger partial charge in [0.2, 0.25) is 5.88 Å². The van der Waals surface area contributed by atoms with Gasteiger partial charge in [-0.25, -0.2) is 13.8 Å². The summed E-state index contributed by atoms with van der Waals surface area (Å²) in [4.78, 5) is 8.70. The first-order valence-corrected chi connectivity index (χ1v) is 11.4. The predicted octanol–water partition coefficient (Wildman–Crippen LogP) is 6.13. The standard InChI is InChI=1S/C23H23F2N3OS/c1-30-14-15-9-22-27-21-12-19(20(25)13-26-21)18-7-6-17(24)11-16(18)5-3-2-4-8-29-23(10-15)28-22/h6-7,9-13H,2-5,8,14H2,1H3,(H,26,27,28). The van der Waals surface area contributed by atoms with Crippen LogP contribution in [0.15, 0.2) is 42.6 Å². The third kappa shape index (κ3) is 4.90. The van der Waals surface area contributed by atoms with Crippen LogP contribution in [0, 0.1) is 11.6 Å². The molecule has 0 spiro atoms. The number of nitrogens with one attached hydrogen (secondary N) is 1. The van der Waals surface area contributed by atoms with Crippen molar-refractivity contribution >= 4 is 23.4 Å². The van der Waals surface area contributed by atoms with Gasteiger partial charge in [0.05, 0.1) is 12.8 Å². The van der Waals surface area contributed by atoms with Gasteiger partial charge in [0.25, 0.3) is 0 Å². The lowest BCUT2D eigenvalue weighted by molar-refractivity contribution is 0.294. The molecule has 4 rings (SSSR count). The van der Waals surface area contributed by atoms with Crippen molar-refractivity contribution in [1.29, 1.82) is 0 Å². The van der Waals surface area contributed by atoms with Gasteiger partial charge in [-0.1, -0.05) is 6.07 Å². The molecule has 1 aliphatic heterocycles. The van der Waals surface area contributed by atoms with E-state index in [9.17, 15) is 8.78 Å². The summed E-state index contributed by atoms with van der Waals surface area (Å²) in [6.07, 6.45) is 6.55. The van der Waals surface area contributed by atoms with Gasteiger partial charge >= 0.3 is 0 Å².